The fourth-order valence-electron chi connectivity index (χ4n) is 5.04. The highest BCUT2D eigenvalue weighted by Gasteiger charge is 2.44. The number of hydrogen-bond donors (Lipinski definition) is 2. The van der Waals surface area contributed by atoms with Gasteiger partial charge in [0, 0.05) is 69.0 Å². The Morgan fingerprint density at radius 3 is 2.31 bits per heavy atom. The summed E-state index contributed by atoms with van der Waals surface area (Å²) < 4.78 is 0. The number of carbonyl (C=O) groups excluding carboxylic acids is 1. The van der Waals surface area contributed by atoms with Gasteiger partial charge in [-0.2, -0.15) is 0 Å². The van der Waals surface area contributed by atoms with Gasteiger partial charge in [-0.3, -0.25) is 9.80 Å². The number of nitrogens with zero attached hydrogens (tertiary/aromatic N) is 5. The topological polar surface area (TPSA) is 75.2 Å². The van der Waals surface area contributed by atoms with Gasteiger partial charge in [-0.15, -0.1) is 0 Å². The molecule has 0 saturated carbocycles. The lowest BCUT2D eigenvalue weighted by Crippen LogP contribution is -2.71. The third-order valence-corrected chi connectivity index (χ3v) is 6.77. The van der Waals surface area contributed by atoms with Gasteiger partial charge in [0.05, 0.1) is 17.9 Å². The molecule has 8 heteroatoms. The van der Waals surface area contributed by atoms with Crippen LogP contribution in [-0.4, -0.2) is 99.8 Å². The number of pyridine rings is 1. The predicted octanol–water partition coefficient (Wildman–Crippen LogP) is 2.59. The van der Waals surface area contributed by atoms with Gasteiger partial charge in [-0.1, -0.05) is 0 Å². The van der Waals surface area contributed by atoms with Crippen molar-refractivity contribution in [3.63, 3.8) is 0 Å². The first-order valence-corrected chi connectivity index (χ1v) is 11.9. The minimum Gasteiger partial charge on any atom is -0.493 e. The summed E-state index contributed by atoms with van der Waals surface area (Å²) in [5, 5.41) is 12.7. The van der Waals surface area contributed by atoms with E-state index in [1.165, 1.54) is 0 Å². The first-order chi connectivity index (χ1) is 14.9. The summed E-state index contributed by atoms with van der Waals surface area (Å²) in [5.74, 6) is 0.0371. The van der Waals surface area contributed by atoms with E-state index in [0.717, 1.165) is 38.4 Å². The average Bonchev–Trinajstić information content (AvgIpc) is 2.72. The maximum Gasteiger partial charge on any atom is 0.317 e. The molecule has 2 fully saturated rings. The van der Waals surface area contributed by atoms with Crippen molar-refractivity contribution in [2.24, 2.45) is 0 Å². The maximum absolute atomic E-state index is 12.7. The average molecular weight is 447 g/mol. The van der Waals surface area contributed by atoms with Crippen molar-refractivity contribution in [1.29, 1.82) is 0 Å². The van der Waals surface area contributed by atoms with E-state index < -0.39 is 0 Å². The van der Waals surface area contributed by atoms with Crippen molar-refractivity contribution in [3.8, 4) is 5.88 Å². The molecule has 0 radical (unpaired) electrons. The molecule has 2 amide bonds. The van der Waals surface area contributed by atoms with Gasteiger partial charge in [0.2, 0.25) is 5.88 Å². The third-order valence-electron chi connectivity index (χ3n) is 6.77. The number of anilines is 1. The second-order valence-corrected chi connectivity index (χ2v) is 11.0. The summed E-state index contributed by atoms with van der Waals surface area (Å²) in [6, 6.07) is 3.99. The fourth-order valence-corrected chi connectivity index (χ4v) is 5.04. The number of amides is 2. The lowest BCUT2D eigenvalue weighted by atomic mass is 9.91. The Labute approximate surface area is 193 Å². The molecule has 0 spiro atoms. The Morgan fingerprint density at radius 2 is 1.75 bits per heavy atom. The van der Waals surface area contributed by atoms with Crippen LogP contribution in [0.1, 0.15) is 48.5 Å². The summed E-state index contributed by atoms with van der Waals surface area (Å²) in [6.07, 6.45) is 1.76. The number of nitrogens with one attached hydrogen (secondary N) is 1. The van der Waals surface area contributed by atoms with Crippen molar-refractivity contribution in [1.82, 2.24) is 25.0 Å². The van der Waals surface area contributed by atoms with Gasteiger partial charge >= 0.3 is 6.03 Å². The zero-order valence-corrected chi connectivity index (χ0v) is 20.9. The van der Waals surface area contributed by atoms with Crippen molar-refractivity contribution in [3.05, 3.63) is 18.3 Å². The van der Waals surface area contributed by atoms with E-state index in [0.29, 0.717) is 13.1 Å². The molecular formula is C24H42N6O2. The van der Waals surface area contributed by atoms with E-state index in [9.17, 15) is 9.90 Å². The molecule has 2 unspecified atom stereocenters. The van der Waals surface area contributed by atoms with Crippen LogP contribution in [0.4, 0.5) is 10.5 Å². The van der Waals surface area contributed by atoms with E-state index in [-0.39, 0.29) is 35.1 Å². The SMILES string of the molecule is CCNC(=O)N1CCN(C(C)(C)C)C(C2CN(C(C)(C)C)CCN2c2ccc(O)nc2)C1. The molecule has 1 aromatic heterocycles. The van der Waals surface area contributed by atoms with Gasteiger partial charge in [0.25, 0.3) is 0 Å². The Morgan fingerprint density at radius 1 is 1.03 bits per heavy atom. The predicted molar refractivity (Wildman–Crippen MR) is 129 cm³/mol. The first-order valence-electron chi connectivity index (χ1n) is 11.9. The van der Waals surface area contributed by atoms with Crippen LogP contribution < -0.4 is 10.2 Å². The highest BCUT2D eigenvalue weighted by molar-refractivity contribution is 5.74. The quantitative estimate of drug-likeness (QED) is 0.743. The maximum atomic E-state index is 12.7. The summed E-state index contributed by atoms with van der Waals surface area (Å²) in [7, 11) is 0. The van der Waals surface area contributed by atoms with Crippen molar-refractivity contribution in [2.75, 3.05) is 50.7 Å². The van der Waals surface area contributed by atoms with Crippen LogP contribution >= 0.6 is 0 Å². The first kappa shape index (κ1) is 24.6. The van der Waals surface area contributed by atoms with Crippen LogP contribution in [0.15, 0.2) is 18.3 Å². The highest BCUT2D eigenvalue weighted by atomic mass is 16.3. The Hall–Kier alpha value is -2.06. The summed E-state index contributed by atoms with van der Waals surface area (Å²) in [4.78, 5) is 26.4. The number of aromatic nitrogens is 1. The zero-order chi connectivity index (χ0) is 23.7. The molecule has 0 bridgehead atoms. The molecule has 2 saturated heterocycles. The molecular weight excluding hydrogens is 404 g/mol. The molecule has 0 aromatic carbocycles. The molecule has 32 heavy (non-hydrogen) atoms. The number of urea groups is 1. The Kier molecular flexibility index (Phi) is 7.25. The third kappa shape index (κ3) is 5.46. The molecule has 8 nitrogen and oxygen atoms in total. The standard InChI is InChI=1S/C24H42N6O2/c1-8-25-22(32)27-11-14-30(24(5,6)7)20(16-27)19-17-28(23(2,3)4)12-13-29(19)18-9-10-21(31)26-15-18/h9-10,15,19-20H,8,11-14,16-17H2,1-7H3,(H,25,32)(H,26,31). The molecule has 0 aliphatic carbocycles. The smallest absolute Gasteiger partial charge is 0.317 e. The summed E-state index contributed by atoms with van der Waals surface area (Å²) in [6.45, 7) is 21.2. The molecule has 2 N–H and O–H groups in total. The Balaban J connectivity index is 1.98. The van der Waals surface area contributed by atoms with E-state index in [1.54, 1.807) is 12.3 Å². The molecule has 3 heterocycles. The van der Waals surface area contributed by atoms with E-state index in [2.05, 4.69) is 66.5 Å². The lowest BCUT2D eigenvalue weighted by Gasteiger charge is -2.56. The van der Waals surface area contributed by atoms with Crippen LogP contribution in [0.3, 0.4) is 0 Å². The molecule has 3 rings (SSSR count). The zero-order valence-electron chi connectivity index (χ0n) is 20.9. The number of rotatable bonds is 3. The monoisotopic (exact) mass is 446 g/mol. The van der Waals surface area contributed by atoms with Gasteiger partial charge in [-0.05, 0) is 54.5 Å². The molecule has 2 aliphatic heterocycles. The minimum atomic E-state index is -0.0130. The second kappa shape index (κ2) is 9.43. The normalized spacial score (nSPS) is 24.0. The van der Waals surface area contributed by atoms with Crippen LogP contribution in [-0.2, 0) is 0 Å². The molecule has 2 atom stereocenters. The van der Waals surface area contributed by atoms with Gasteiger partial charge in [-0.25, -0.2) is 9.78 Å². The van der Waals surface area contributed by atoms with E-state index in [4.69, 9.17) is 0 Å². The van der Waals surface area contributed by atoms with Crippen LogP contribution in [0, 0.1) is 0 Å². The van der Waals surface area contributed by atoms with Crippen LogP contribution in [0.2, 0.25) is 0 Å². The lowest BCUT2D eigenvalue weighted by molar-refractivity contribution is -0.00844. The summed E-state index contributed by atoms with van der Waals surface area (Å²) >= 11 is 0. The molecule has 180 valence electrons. The fraction of sp³-hybridized carbons (Fsp3) is 0.750. The number of carbonyl (C=O) groups is 1. The Bertz CT molecular complexity index is 770. The van der Waals surface area contributed by atoms with Crippen molar-refractivity contribution < 1.29 is 9.90 Å². The van der Waals surface area contributed by atoms with Crippen molar-refractivity contribution >= 4 is 11.7 Å². The largest absolute Gasteiger partial charge is 0.493 e. The van der Waals surface area contributed by atoms with Crippen LogP contribution in [0.25, 0.3) is 0 Å². The van der Waals surface area contributed by atoms with Gasteiger partial charge in [0.1, 0.15) is 0 Å². The van der Waals surface area contributed by atoms with E-state index >= 15 is 0 Å². The number of hydrogen-bond acceptors (Lipinski definition) is 6. The van der Waals surface area contributed by atoms with Crippen LogP contribution in [0.5, 0.6) is 5.88 Å². The molecule has 1 aromatic rings. The van der Waals surface area contributed by atoms with Crippen molar-refractivity contribution in [2.45, 2.75) is 71.6 Å². The van der Waals surface area contributed by atoms with E-state index in [1.807, 2.05) is 17.9 Å². The second-order valence-electron chi connectivity index (χ2n) is 11.0. The molecule has 2 aliphatic rings. The number of aromatic hydroxyl groups is 1. The van der Waals surface area contributed by atoms with Gasteiger partial charge in [0.15, 0.2) is 0 Å². The highest BCUT2D eigenvalue weighted by Crippen LogP contribution is 2.32. The number of piperazine rings is 2. The summed E-state index contributed by atoms with van der Waals surface area (Å²) in [5.41, 5.74) is 1.07. The minimum absolute atomic E-state index is 0.0130. The van der Waals surface area contributed by atoms with Gasteiger partial charge < -0.3 is 20.2 Å².